The minimum atomic E-state index is -3.16. The molecule has 6 nitrogen and oxygen atoms in total. The minimum absolute atomic E-state index is 0.00125. The Hall–Kier alpha value is -2.41. The smallest absolute Gasteiger partial charge is 0.263 e. The van der Waals surface area contributed by atoms with Crippen molar-refractivity contribution in [2.24, 2.45) is 0 Å². The summed E-state index contributed by atoms with van der Waals surface area (Å²) in [4.78, 5) is 24.5. The van der Waals surface area contributed by atoms with Crippen LogP contribution in [0.5, 0.6) is 0 Å². The molecule has 2 rings (SSSR count). The van der Waals surface area contributed by atoms with Crippen molar-refractivity contribution in [3.63, 3.8) is 0 Å². The maximum Gasteiger partial charge on any atom is 0.263 e. The third-order valence-corrected chi connectivity index (χ3v) is 4.40. The molecule has 0 fully saturated rings. The molecule has 1 amide bonds. The number of amides is 1. The van der Waals surface area contributed by atoms with E-state index in [0.29, 0.717) is 6.54 Å². The standard InChI is InChI=1S/C17H20N2O4S/c1-13-5-3-6-14(11-13)12-19-9-4-7-15(17(19)21)16(20)18-8-10-24(2,22)23/h3-7,9,11H,8,10,12H2,1-2H3,(H,18,20). The van der Waals surface area contributed by atoms with Crippen molar-refractivity contribution in [3.8, 4) is 0 Å². The van der Waals surface area contributed by atoms with Gasteiger partial charge in [-0.3, -0.25) is 9.59 Å². The van der Waals surface area contributed by atoms with Crippen LogP contribution in [-0.2, 0) is 16.4 Å². The van der Waals surface area contributed by atoms with E-state index in [2.05, 4.69) is 5.32 Å². The summed E-state index contributed by atoms with van der Waals surface area (Å²) in [6.07, 6.45) is 2.72. The van der Waals surface area contributed by atoms with Crippen LogP contribution in [0.3, 0.4) is 0 Å². The van der Waals surface area contributed by atoms with Crippen molar-refractivity contribution in [1.29, 1.82) is 0 Å². The Morgan fingerprint density at radius 3 is 2.62 bits per heavy atom. The van der Waals surface area contributed by atoms with Crippen molar-refractivity contribution in [3.05, 3.63) is 69.6 Å². The molecule has 0 saturated heterocycles. The summed E-state index contributed by atoms with van der Waals surface area (Å²) in [5.74, 6) is -0.731. The van der Waals surface area contributed by atoms with E-state index in [1.54, 1.807) is 12.3 Å². The number of nitrogens with zero attached hydrogens (tertiary/aromatic N) is 1. The van der Waals surface area contributed by atoms with Gasteiger partial charge in [0.05, 0.1) is 12.3 Å². The number of carbonyl (C=O) groups is 1. The molecule has 0 saturated carbocycles. The lowest BCUT2D eigenvalue weighted by Gasteiger charge is -2.09. The monoisotopic (exact) mass is 348 g/mol. The van der Waals surface area contributed by atoms with Crippen LogP contribution in [0.1, 0.15) is 21.5 Å². The van der Waals surface area contributed by atoms with E-state index >= 15 is 0 Å². The Labute approximate surface area is 141 Å². The molecule has 0 aliphatic rings. The number of sulfone groups is 1. The summed E-state index contributed by atoms with van der Waals surface area (Å²) >= 11 is 0. The predicted molar refractivity (Wildman–Crippen MR) is 93.0 cm³/mol. The average molecular weight is 348 g/mol. The molecule has 7 heteroatoms. The second-order valence-electron chi connectivity index (χ2n) is 5.73. The lowest BCUT2D eigenvalue weighted by atomic mass is 10.1. The molecule has 0 bridgehead atoms. The highest BCUT2D eigenvalue weighted by Crippen LogP contribution is 2.05. The van der Waals surface area contributed by atoms with Crippen molar-refractivity contribution in [1.82, 2.24) is 9.88 Å². The number of benzene rings is 1. The first-order valence-electron chi connectivity index (χ1n) is 7.47. The number of aryl methyl sites for hydroxylation is 1. The second kappa shape index (κ2) is 7.44. The Bertz CT molecular complexity index is 901. The van der Waals surface area contributed by atoms with Gasteiger partial charge in [0, 0.05) is 19.0 Å². The van der Waals surface area contributed by atoms with E-state index in [4.69, 9.17) is 0 Å². The molecule has 0 radical (unpaired) electrons. The Kier molecular flexibility index (Phi) is 5.56. The highest BCUT2D eigenvalue weighted by Gasteiger charge is 2.13. The molecule has 24 heavy (non-hydrogen) atoms. The molecular formula is C17H20N2O4S. The van der Waals surface area contributed by atoms with Gasteiger partial charge in [-0.25, -0.2) is 8.42 Å². The third-order valence-electron chi connectivity index (χ3n) is 3.46. The summed E-state index contributed by atoms with van der Waals surface area (Å²) in [6, 6.07) is 10.8. The van der Waals surface area contributed by atoms with E-state index in [0.717, 1.165) is 17.4 Å². The SMILES string of the molecule is Cc1cccc(Cn2cccc(C(=O)NCCS(C)(=O)=O)c2=O)c1. The second-order valence-corrected chi connectivity index (χ2v) is 7.99. The predicted octanol–water partition coefficient (Wildman–Crippen LogP) is 0.979. The van der Waals surface area contributed by atoms with Gasteiger partial charge in [0.1, 0.15) is 15.4 Å². The van der Waals surface area contributed by atoms with E-state index in [-0.39, 0.29) is 17.9 Å². The number of hydrogen-bond donors (Lipinski definition) is 1. The van der Waals surface area contributed by atoms with Gasteiger partial charge in [0.2, 0.25) is 0 Å². The highest BCUT2D eigenvalue weighted by atomic mass is 32.2. The lowest BCUT2D eigenvalue weighted by Crippen LogP contribution is -2.35. The zero-order valence-corrected chi connectivity index (χ0v) is 14.5. The quantitative estimate of drug-likeness (QED) is 0.843. The molecule has 1 heterocycles. The number of aromatic nitrogens is 1. The van der Waals surface area contributed by atoms with Crippen LogP contribution >= 0.6 is 0 Å². The molecule has 0 atom stereocenters. The van der Waals surface area contributed by atoms with E-state index in [9.17, 15) is 18.0 Å². The van der Waals surface area contributed by atoms with Crippen LogP contribution in [0.15, 0.2) is 47.4 Å². The molecule has 1 N–H and O–H groups in total. The van der Waals surface area contributed by atoms with E-state index in [1.165, 1.54) is 10.6 Å². The minimum Gasteiger partial charge on any atom is -0.351 e. The molecule has 128 valence electrons. The van der Waals surface area contributed by atoms with Gasteiger partial charge in [0.25, 0.3) is 11.5 Å². The fourth-order valence-corrected chi connectivity index (χ4v) is 2.76. The van der Waals surface area contributed by atoms with Crippen LogP contribution in [0, 0.1) is 6.92 Å². The van der Waals surface area contributed by atoms with Crippen molar-refractivity contribution >= 4 is 15.7 Å². The van der Waals surface area contributed by atoms with Crippen LogP contribution in [0.4, 0.5) is 0 Å². The fourth-order valence-electron chi connectivity index (χ4n) is 2.29. The van der Waals surface area contributed by atoms with Gasteiger partial charge < -0.3 is 9.88 Å². The van der Waals surface area contributed by atoms with Crippen LogP contribution in [0.2, 0.25) is 0 Å². The zero-order valence-electron chi connectivity index (χ0n) is 13.7. The molecule has 1 aromatic heterocycles. The largest absolute Gasteiger partial charge is 0.351 e. The maximum absolute atomic E-state index is 12.4. The first-order valence-corrected chi connectivity index (χ1v) is 9.53. The average Bonchev–Trinajstić information content (AvgIpc) is 2.48. The van der Waals surface area contributed by atoms with Gasteiger partial charge in [-0.2, -0.15) is 0 Å². The summed E-state index contributed by atoms with van der Waals surface area (Å²) in [5.41, 5.74) is 1.65. The normalized spacial score (nSPS) is 11.2. The summed E-state index contributed by atoms with van der Waals surface area (Å²) in [7, 11) is -3.16. The number of rotatable bonds is 6. The van der Waals surface area contributed by atoms with Gasteiger partial charge in [0.15, 0.2) is 0 Å². The highest BCUT2D eigenvalue weighted by molar-refractivity contribution is 7.90. The summed E-state index contributed by atoms with van der Waals surface area (Å²) in [6.45, 7) is 2.31. The van der Waals surface area contributed by atoms with E-state index < -0.39 is 21.3 Å². The molecular weight excluding hydrogens is 328 g/mol. The van der Waals surface area contributed by atoms with E-state index in [1.807, 2.05) is 31.2 Å². The third kappa shape index (κ3) is 5.06. The van der Waals surface area contributed by atoms with Crippen LogP contribution in [0.25, 0.3) is 0 Å². The van der Waals surface area contributed by atoms with Crippen LogP contribution < -0.4 is 10.9 Å². The molecule has 0 spiro atoms. The molecule has 0 aliphatic carbocycles. The first kappa shape index (κ1) is 17.9. The number of hydrogen-bond acceptors (Lipinski definition) is 4. The van der Waals surface area contributed by atoms with Crippen molar-refractivity contribution in [2.45, 2.75) is 13.5 Å². The number of pyridine rings is 1. The Balaban J connectivity index is 2.15. The van der Waals surface area contributed by atoms with Gasteiger partial charge in [-0.15, -0.1) is 0 Å². The molecule has 2 aromatic rings. The lowest BCUT2D eigenvalue weighted by molar-refractivity contribution is 0.0954. The first-order chi connectivity index (χ1) is 11.3. The summed E-state index contributed by atoms with van der Waals surface area (Å²) < 4.78 is 23.6. The summed E-state index contributed by atoms with van der Waals surface area (Å²) in [5, 5.41) is 2.47. The van der Waals surface area contributed by atoms with Crippen molar-refractivity contribution in [2.75, 3.05) is 18.6 Å². The van der Waals surface area contributed by atoms with Crippen molar-refractivity contribution < 1.29 is 13.2 Å². The van der Waals surface area contributed by atoms with Gasteiger partial charge >= 0.3 is 0 Å². The molecule has 0 unspecified atom stereocenters. The van der Waals surface area contributed by atoms with Gasteiger partial charge in [-0.1, -0.05) is 29.8 Å². The van der Waals surface area contributed by atoms with Gasteiger partial charge in [-0.05, 0) is 24.6 Å². The number of carbonyl (C=O) groups excluding carboxylic acids is 1. The van der Waals surface area contributed by atoms with Crippen LogP contribution in [-0.4, -0.2) is 37.4 Å². The molecule has 0 aliphatic heterocycles. The topological polar surface area (TPSA) is 85.2 Å². The molecule has 1 aromatic carbocycles. The Morgan fingerprint density at radius 2 is 1.96 bits per heavy atom. The maximum atomic E-state index is 12.4. The fraction of sp³-hybridized carbons (Fsp3) is 0.294. The zero-order chi connectivity index (χ0) is 17.7. The Morgan fingerprint density at radius 1 is 1.21 bits per heavy atom. The number of nitrogens with one attached hydrogen (secondary N) is 1.